The molecule has 4 fully saturated rings. The third kappa shape index (κ3) is 3.63. The molecule has 2 aliphatic carbocycles. The van der Waals surface area contributed by atoms with Gasteiger partial charge in [0.05, 0.1) is 6.04 Å². The Kier molecular flexibility index (Phi) is 5.41. The fourth-order valence-electron chi connectivity index (χ4n) is 6.25. The van der Waals surface area contributed by atoms with E-state index in [4.69, 9.17) is 4.74 Å². The number of nitrogens with zero attached hydrogens (tertiary/aromatic N) is 1. The van der Waals surface area contributed by atoms with Gasteiger partial charge < -0.3 is 4.74 Å². The molecule has 3 nitrogen and oxygen atoms in total. The Hall–Kier alpha value is -0.570. The van der Waals surface area contributed by atoms with Crippen LogP contribution in [0.15, 0.2) is 0 Å². The summed E-state index contributed by atoms with van der Waals surface area (Å²) in [7, 11) is 0. The van der Waals surface area contributed by atoms with E-state index in [2.05, 4.69) is 11.8 Å². The molecule has 0 unspecified atom stereocenters. The fraction of sp³-hybridized carbons (Fsp3) is 0.955. The molecule has 4 aliphatic rings. The van der Waals surface area contributed by atoms with Crippen LogP contribution in [-0.2, 0) is 9.53 Å². The summed E-state index contributed by atoms with van der Waals surface area (Å²) in [5.41, 5.74) is -0.138. The van der Waals surface area contributed by atoms with Crippen molar-refractivity contribution in [2.75, 3.05) is 13.1 Å². The van der Waals surface area contributed by atoms with Crippen molar-refractivity contribution in [1.29, 1.82) is 0 Å². The van der Waals surface area contributed by atoms with Gasteiger partial charge in [0.25, 0.3) is 0 Å². The molecule has 0 aromatic rings. The predicted molar refractivity (Wildman–Crippen MR) is 100 cm³/mol. The highest BCUT2D eigenvalue weighted by Gasteiger charge is 2.60. The van der Waals surface area contributed by atoms with E-state index < -0.39 is 0 Å². The third-order valence-electron chi connectivity index (χ3n) is 7.77. The molecule has 0 radical (unpaired) electrons. The molecule has 0 bridgehead atoms. The zero-order valence-corrected chi connectivity index (χ0v) is 16.2. The highest BCUT2D eigenvalue weighted by Crippen LogP contribution is 2.49. The minimum absolute atomic E-state index is 0.121. The Balaban J connectivity index is 1.45. The summed E-state index contributed by atoms with van der Waals surface area (Å²) in [4.78, 5) is 15.5. The maximum absolute atomic E-state index is 12.9. The van der Waals surface area contributed by atoms with Gasteiger partial charge >= 0.3 is 5.97 Å². The summed E-state index contributed by atoms with van der Waals surface area (Å²) in [6.07, 6.45) is 16.2. The van der Waals surface area contributed by atoms with E-state index in [-0.39, 0.29) is 11.6 Å². The van der Waals surface area contributed by atoms with Crippen LogP contribution in [-0.4, -0.2) is 35.6 Å². The predicted octanol–water partition coefficient (Wildman–Crippen LogP) is 4.93. The molecule has 0 aromatic heterocycles. The monoisotopic (exact) mass is 347 g/mol. The van der Waals surface area contributed by atoms with E-state index in [9.17, 15) is 4.79 Å². The van der Waals surface area contributed by atoms with Gasteiger partial charge in [-0.05, 0) is 56.9 Å². The molecule has 3 heteroatoms. The second kappa shape index (κ2) is 7.58. The lowest BCUT2D eigenvalue weighted by Gasteiger charge is -2.62. The normalized spacial score (nSPS) is 38.0. The van der Waals surface area contributed by atoms with E-state index in [1.54, 1.807) is 0 Å². The van der Waals surface area contributed by atoms with Crippen LogP contribution in [0.25, 0.3) is 0 Å². The summed E-state index contributed by atoms with van der Waals surface area (Å²) in [5, 5.41) is 0. The van der Waals surface area contributed by atoms with Crippen molar-refractivity contribution >= 4 is 5.97 Å². The molecule has 2 heterocycles. The highest BCUT2D eigenvalue weighted by atomic mass is 16.6. The van der Waals surface area contributed by atoms with Crippen LogP contribution in [0, 0.1) is 17.8 Å². The quantitative estimate of drug-likeness (QED) is 0.675. The number of piperidine rings is 1. The van der Waals surface area contributed by atoms with Gasteiger partial charge in [-0.25, -0.2) is 0 Å². The van der Waals surface area contributed by atoms with Gasteiger partial charge in [-0.1, -0.05) is 45.4 Å². The van der Waals surface area contributed by atoms with Gasteiger partial charge in [0.15, 0.2) is 0 Å². The van der Waals surface area contributed by atoms with Crippen LogP contribution < -0.4 is 0 Å². The average molecular weight is 348 g/mol. The van der Waals surface area contributed by atoms with Crippen LogP contribution in [0.5, 0.6) is 0 Å². The first-order valence-corrected chi connectivity index (χ1v) is 11.1. The lowest BCUT2D eigenvalue weighted by Crippen LogP contribution is -2.75. The van der Waals surface area contributed by atoms with Crippen LogP contribution in [0.1, 0.15) is 90.4 Å². The van der Waals surface area contributed by atoms with E-state index in [1.807, 2.05) is 0 Å². The van der Waals surface area contributed by atoms with Gasteiger partial charge in [0.1, 0.15) is 5.60 Å². The first-order valence-electron chi connectivity index (χ1n) is 11.1. The van der Waals surface area contributed by atoms with E-state index in [0.717, 1.165) is 12.5 Å². The zero-order valence-electron chi connectivity index (χ0n) is 16.2. The Morgan fingerprint density at radius 1 is 1.00 bits per heavy atom. The largest absolute Gasteiger partial charge is 0.456 e. The van der Waals surface area contributed by atoms with E-state index in [1.165, 1.54) is 83.6 Å². The van der Waals surface area contributed by atoms with Gasteiger partial charge in [-0.3, -0.25) is 9.69 Å². The van der Waals surface area contributed by atoms with Crippen LogP contribution in [0.4, 0.5) is 0 Å². The molecule has 0 aromatic carbocycles. The lowest BCUT2D eigenvalue weighted by molar-refractivity contribution is -0.233. The van der Waals surface area contributed by atoms with Gasteiger partial charge in [0, 0.05) is 18.9 Å². The lowest BCUT2D eigenvalue weighted by atomic mass is 9.64. The molecule has 2 aliphatic heterocycles. The van der Waals surface area contributed by atoms with Crippen molar-refractivity contribution in [3.63, 3.8) is 0 Å². The Morgan fingerprint density at radius 2 is 1.68 bits per heavy atom. The van der Waals surface area contributed by atoms with Crippen molar-refractivity contribution < 1.29 is 9.53 Å². The van der Waals surface area contributed by atoms with Crippen LogP contribution >= 0.6 is 0 Å². The third-order valence-corrected chi connectivity index (χ3v) is 7.77. The van der Waals surface area contributed by atoms with Crippen molar-refractivity contribution in [2.24, 2.45) is 17.8 Å². The average Bonchev–Trinajstić information content (AvgIpc) is 2.63. The second-order valence-corrected chi connectivity index (χ2v) is 9.59. The summed E-state index contributed by atoms with van der Waals surface area (Å²) < 4.78 is 6.45. The van der Waals surface area contributed by atoms with E-state index >= 15 is 0 Å². The molecule has 0 amide bonds. The van der Waals surface area contributed by atoms with Crippen molar-refractivity contribution in [3.05, 3.63) is 0 Å². The number of rotatable bonds is 4. The minimum Gasteiger partial charge on any atom is -0.456 e. The van der Waals surface area contributed by atoms with Gasteiger partial charge in [-0.2, -0.15) is 0 Å². The Bertz CT molecular complexity index is 467. The number of carbonyl (C=O) groups is 1. The first kappa shape index (κ1) is 17.8. The molecule has 0 spiro atoms. The summed E-state index contributed by atoms with van der Waals surface area (Å²) in [6, 6.07) is 0.509. The molecule has 142 valence electrons. The standard InChI is InChI=1S/C22H37NO2/c1-17-12-13-23-16-22(20(23)14-17,19-10-6-3-7-11-19)25-21(24)15-18-8-4-2-5-9-18/h17-20H,2-16H2,1H3/t17-,20+,22-/m0/s1. The van der Waals surface area contributed by atoms with Crippen molar-refractivity contribution in [3.8, 4) is 0 Å². The molecule has 25 heavy (non-hydrogen) atoms. The maximum atomic E-state index is 12.9. The first-order chi connectivity index (χ1) is 12.2. The number of ether oxygens (including phenoxy) is 1. The second-order valence-electron chi connectivity index (χ2n) is 9.59. The number of hydrogen-bond acceptors (Lipinski definition) is 3. The topological polar surface area (TPSA) is 29.5 Å². The zero-order chi connectivity index (χ0) is 17.3. The van der Waals surface area contributed by atoms with Gasteiger partial charge in [0.2, 0.25) is 0 Å². The van der Waals surface area contributed by atoms with Gasteiger partial charge in [-0.15, -0.1) is 0 Å². The molecular formula is C22H37NO2. The summed E-state index contributed by atoms with van der Waals surface area (Å²) in [5.74, 6) is 2.10. The Labute approximate surface area is 153 Å². The SMILES string of the molecule is C[C@H]1CCN2C[C@](OC(=O)CC3CCCCC3)(C3CCCCC3)[C@H]2C1. The van der Waals surface area contributed by atoms with Crippen molar-refractivity contribution in [2.45, 2.75) is 102 Å². The number of carbonyl (C=O) groups excluding carboxylic acids is 1. The number of fused-ring (bicyclic) bond motifs is 1. The van der Waals surface area contributed by atoms with E-state index in [0.29, 0.717) is 24.3 Å². The Morgan fingerprint density at radius 3 is 2.40 bits per heavy atom. The molecule has 2 saturated heterocycles. The van der Waals surface area contributed by atoms with Crippen LogP contribution in [0.2, 0.25) is 0 Å². The van der Waals surface area contributed by atoms with Crippen LogP contribution in [0.3, 0.4) is 0 Å². The maximum Gasteiger partial charge on any atom is 0.306 e. The number of hydrogen-bond donors (Lipinski definition) is 0. The highest BCUT2D eigenvalue weighted by molar-refractivity contribution is 5.70. The van der Waals surface area contributed by atoms with Crippen molar-refractivity contribution in [1.82, 2.24) is 4.90 Å². The smallest absolute Gasteiger partial charge is 0.306 e. The summed E-state index contributed by atoms with van der Waals surface area (Å²) in [6.45, 7) is 4.61. The molecular weight excluding hydrogens is 310 g/mol. The molecule has 0 N–H and O–H groups in total. The molecule has 4 rings (SSSR count). The minimum atomic E-state index is -0.138. The fourth-order valence-corrected chi connectivity index (χ4v) is 6.25. The number of esters is 1. The molecule has 2 saturated carbocycles. The molecule has 3 atom stereocenters. The summed E-state index contributed by atoms with van der Waals surface area (Å²) >= 11 is 0.